The molecule has 1 rings (SSSR count). The average Bonchev–Trinajstić information content (AvgIpc) is 2.84. The van der Waals surface area contributed by atoms with Gasteiger partial charge in [-0.2, -0.15) is 0 Å². The molecule has 0 bridgehead atoms. The molecule has 0 spiro atoms. The first-order chi connectivity index (χ1) is 16.6. The van der Waals surface area contributed by atoms with Crippen molar-refractivity contribution in [2.24, 2.45) is 0 Å². The van der Waals surface area contributed by atoms with Gasteiger partial charge in [-0.1, -0.05) is 59.2 Å². The van der Waals surface area contributed by atoms with E-state index in [2.05, 4.69) is 5.09 Å². The Morgan fingerprint density at radius 1 is 1.09 bits per heavy atom. The highest BCUT2D eigenvalue weighted by atomic mass is 31.2. The van der Waals surface area contributed by atoms with E-state index in [0.29, 0.717) is 24.1 Å². The molecule has 0 aliphatic carbocycles. The third kappa shape index (κ3) is 21.3. The second kappa shape index (κ2) is 24.0. The van der Waals surface area contributed by atoms with Crippen LogP contribution >= 0.6 is 7.52 Å². The summed E-state index contributed by atoms with van der Waals surface area (Å²) in [6.07, 6.45) is 1.10. The molecule has 0 fully saturated rings. The normalized spacial score (nSPS) is 13.2. The Balaban J connectivity index is -0.000000987. The van der Waals surface area contributed by atoms with Gasteiger partial charge in [0.25, 0.3) is 0 Å². The number of benzene rings is 1. The number of halogens is 1. The molecular formula is C26H49FNO6P. The number of allylic oxidation sites excluding steroid dienone is 1. The Bertz CT molecular complexity index is 696. The molecule has 206 valence electrons. The number of hydrogen-bond donors (Lipinski definition) is 1. The maximum absolute atomic E-state index is 13.3. The first-order valence-corrected chi connectivity index (χ1v) is 14.1. The quantitative estimate of drug-likeness (QED) is 0.170. The van der Waals surface area contributed by atoms with Crippen LogP contribution in [0.4, 0.5) is 4.39 Å². The minimum Gasteiger partial charge on any atom is -0.462 e. The highest BCUT2D eigenvalue weighted by Gasteiger charge is 2.32. The number of para-hydroxylation sites is 1. The van der Waals surface area contributed by atoms with E-state index in [1.54, 1.807) is 58.9 Å². The molecule has 3 unspecified atom stereocenters. The van der Waals surface area contributed by atoms with E-state index in [1.165, 1.54) is 7.11 Å². The summed E-state index contributed by atoms with van der Waals surface area (Å²) < 4.78 is 45.9. The summed E-state index contributed by atoms with van der Waals surface area (Å²) >= 11 is 0. The lowest BCUT2D eigenvalue weighted by Crippen LogP contribution is -2.37. The van der Waals surface area contributed by atoms with Crippen molar-refractivity contribution in [2.45, 2.75) is 101 Å². The second-order valence-corrected chi connectivity index (χ2v) is 9.40. The van der Waals surface area contributed by atoms with E-state index >= 15 is 0 Å². The third-order valence-electron chi connectivity index (χ3n) is 3.53. The largest absolute Gasteiger partial charge is 0.462 e. The molecule has 1 N–H and O–H groups in total. The predicted octanol–water partition coefficient (Wildman–Crippen LogP) is 7.87. The van der Waals surface area contributed by atoms with E-state index in [-0.39, 0.29) is 12.5 Å². The maximum Gasteiger partial charge on any atom is 0.342 e. The summed E-state index contributed by atoms with van der Waals surface area (Å²) in [5.41, 5.74) is 0.713. The zero-order chi connectivity index (χ0) is 27.9. The van der Waals surface area contributed by atoms with Crippen LogP contribution in [0.25, 0.3) is 0 Å². The van der Waals surface area contributed by atoms with Crippen LogP contribution < -0.4 is 9.61 Å². The maximum atomic E-state index is 13.3. The molecule has 7 nitrogen and oxygen atoms in total. The van der Waals surface area contributed by atoms with Crippen LogP contribution in [-0.4, -0.2) is 37.9 Å². The van der Waals surface area contributed by atoms with Crippen molar-refractivity contribution < 1.29 is 32.5 Å². The molecular weight excluding hydrogens is 472 g/mol. The van der Waals surface area contributed by atoms with Crippen molar-refractivity contribution in [3.05, 3.63) is 42.2 Å². The molecule has 1 aromatic rings. The summed E-state index contributed by atoms with van der Waals surface area (Å²) in [6, 6.07) is 7.92. The lowest BCUT2D eigenvalue weighted by atomic mass is 10.3. The van der Waals surface area contributed by atoms with Crippen LogP contribution in [-0.2, 0) is 23.6 Å². The highest BCUT2D eigenvalue weighted by molar-refractivity contribution is 7.57. The lowest BCUT2D eigenvalue weighted by molar-refractivity contribution is -0.149. The zero-order valence-corrected chi connectivity index (χ0v) is 24.5. The molecule has 0 aromatic heterocycles. The van der Waals surface area contributed by atoms with Crippen LogP contribution in [0.5, 0.6) is 5.75 Å². The molecule has 0 aliphatic rings. The molecule has 0 amide bonds. The lowest BCUT2D eigenvalue weighted by Gasteiger charge is -2.25. The van der Waals surface area contributed by atoms with E-state index in [0.717, 1.165) is 6.42 Å². The fraction of sp³-hybridized carbons (Fsp3) is 0.654. The van der Waals surface area contributed by atoms with Crippen molar-refractivity contribution in [1.29, 1.82) is 0 Å². The SMILES string of the molecule is CC.CC.CC(C)=CF.CCCC(OC)OCP(=O)(NC(C)C(=O)OC(C)C)Oc1ccccc1. The fourth-order valence-electron chi connectivity index (χ4n) is 2.11. The number of carbonyl (C=O) groups is 1. The summed E-state index contributed by atoms with van der Waals surface area (Å²) in [6.45, 7) is 18.5. The molecule has 0 aliphatic heterocycles. The Labute approximate surface area is 213 Å². The molecule has 35 heavy (non-hydrogen) atoms. The van der Waals surface area contributed by atoms with Gasteiger partial charge in [0.15, 0.2) is 12.6 Å². The average molecular weight is 522 g/mol. The molecule has 3 atom stereocenters. The first-order valence-electron chi connectivity index (χ1n) is 12.3. The highest BCUT2D eigenvalue weighted by Crippen LogP contribution is 2.44. The Kier molecular flexibility index (Phi) is 25.9. The van der Waals surface area contributed by atoms with Gasteiger partial charge in [-0.3, -0.25) is 9.36 Å². The van der Waals surface area contributed by atoms with Gasteiger partial charge in [0.1, 0.15) is 11.8 Å². The van der Waals surface area contributed by atoms with Gasteiger partial charge in [-0.25, -0.2) is 9.48 Å². The van der Waals surface area contributed by atoms with Gasteiger partial charge >= 0.3 is 13.5 Å². The first kappa shape index (κ1) is 37.8. The van der Waals surface area contributed by atoms with Gasteiger partial charge < -0.3 is 18.7 Å². The number of nitrogens with one attached hydrogen (secondary N) is 1. The van der Waals surface area contributed by atoms with Crippen LogP contribution in [0, 0.1) is 0 Å². The predicted molar refractivity (Wildman–Crippen MR) is 143 cm³/mol. The number of ether oxygens (including phenoxy) is 3. The number of rotatable bonds is 12. The van der Waals surface area contributed by atoms with Gasteiger partial charge in [0.05, 0.1) is 12.4 Å². The van der Waals surface area contributed by atoms with Crippen molar-refractivity contribution in [3.8, 4) is 5.75 Å². The summed E-state index contributed by atoms with van der Waals surface area (Å²) in [5.74, 6) is -0.0884. The van der Waals surface area contributed by atoms with Crippen LogP contribution in [0.2, 0.25) is 0 Å². The van der Waals surface area contributed by atoms with Crippen LogP contribution in [0.3, 0.4) is 0 Å². The second-order valence-electron chi connectivity index (χ2n) is 7.35. The van der Waals surface area contributed by atoms with Crippen LogP contribution in [0.15, 0.2) is 42.2 Å². The Morgan fingerprint density at radius 2 is 1.60 bits per heavy atom. The van der Waals surface area contributed by atoms with Gasteiger partial charge in [-0.15, -0.1) is 0 Å². The number of hydrogen-bond acceptors (Lipinski definition) is 6. The minimum atomic E-state index is -3.54. The molecule has 0 saturated heterocycles. The Morgan fingerprint density at radius 3 is 2.00 bits per heavy atom. The van der Waals surface area contributed by atoms with E-state index < -0.39 is 25.8 Å². The standard InChI is InChI=1S/C18H30NO6P.C4H7F.2C2H6/c1-6-10-17(22-5)23-13-26(21,25-16-11-8-7-9-12-16)19-15(4)18(20)24-14(2)3;1-4(2)3-5;2*1-2/h7-9,11-12,14-15,17H,6,10,13H2,1-5H3,(H,19,21);3H,1-2H3;2*1-2H3. The third-order valence-corrected chi connectivity index (χ3v) is 5.30. The number of esters is 1. The monoisotopic (exact) mass is 521 g/mol. The summed E-state index contributed by atoms with van der Waals surface area (Å²) in [5, 5.41) is 2.75. The van der Waals surface area contributed by atoms with E-state index in [9.17, 15) is 13.8 Å². The van der Waals surface area contributed by atoms with E-state index in [1.807, 2.05) is 40.7 Å². The Hall–Kier alpha value is -1.73. The fourth-order valence-corrected chi connectivity index (χ4v) is 3.81. The van der Waals surface area contributed by atoms with Gasteiger partial charge in [0, 0.05) is 7.11 Å². The van der Waals surface area contributed by atoms with Crippen LogP contribution in [0.1, 0.15) is 82.1 Å². The molecule has 1 aromatic carbocycles. The molecule has 0 radical (unpaired) electrons. The summed E-state index contributed by atoms with van der Waals surface area (Å²) in [7, 11) is -2.01. The van der Waals surface area contributed by atoms with Crippen molar-refractivity contribution in [3.63, 3.8) is 0 Å². The number of carbonyl (C=O) groups excluding carboxylic acids is 1. The minimum absolute atomic E-state index is 0.236. The van der Waals surface area contributed by atoms with Crippen molar-refractivity contribution >= 4 is 13.5 Å². The smallest absolute Gasteiger partial charge is 0.342 e. The molecule has 9 heteroatoms. The molecule has 0 saturated carbocycles. The molecule has 0 heterocycles. The number of methoxy groups -OCH3 is 1. The summed E-state index contributed by atoms with van der Waals surface area (Å²) in [4.78, 5) is 12.1. The zero-order valence-electron chi connectivity index (χ0n) is 23.6. The van der Waals surface area contributed by atoms with Gasteiger partial charge in [0.2, 0.25) is 0 Å². The topological polar surface area (TPSA) is 83.1 Å². The van der Waals surface area contributed by atoms with Crippen molar-refractivity contribution in [2.75, 3.05) is 13.5 Å². The van der Waals surface area contributed by atoms with Gasteiger partial charge in [-0.05, 0) is 58.7 Å². The van der Waals surface area contributed by atoms with Crippen molar-refractivity contribution in [1.82, 2.24) is 5.09 Å². The van der Waals surface area contributed by atoms with E-state index in [4.69, 9.17) is 18.7 Å².